The first-order valence-corrected chi connectivity index (χ1v) is 6.20. The Hall–Kier alpha value is -1.76. The van der Waals surface area contributed by atoms with Crippen LogP contribution in [0.25, 0.3) is 0 Å². The van der Waals surface area contributed by atoms with Gasteiger partial charge in [-0.1, -0.05) is 28.1 Å². The van der Waals surface area contributed by atoms with Gasteiger partial charge in [0.2, 0.25) is 5.91 Å². The van der Waals surface area contributed by atoms with E-state index in [0.29, 0.717) is 0 Å². The summed E-state index contributed by atoms with van der Waals surface area (Å²) in [5, 5.41) is 13.5. The number of nitrogens with zero attached hydrogens (tertiary/aromatic N) is 4. The van der Waals surface area contributed by atoms with Crippen molar-refractivity contribution in [2.75, 3.05) is 0 Å². The van der Waals surface area contributed by atoms with E-state index in [0.717, 1.165) is 10.0 Å². The molecule has 18 heavy (non-hydrogen) atoms. The highest BCUT2D eigenvalue weighted by molar-refractivity contribution is 9.10. The number of nitrogens with one attached hydrogen (secondary N) is 1. The summed E-state index contributed by atoms with van der Waals surface area (Å²) in [6, 6.07) is 7.75. The van der Waals surface area contributed by atoms with E-state index in [1.807, 2.05) is 31.2 Å². The fraction of sp³-hybridized carbons (Fsp3) is 0.273. The van der Waals surface area contributed by atoms with E-state index < -0.39 is 0 Å². The van der Waals surface area contributed by atoms with Crippen molar-refractivity contribution in [1.82, 2.24) is 25.5 Å². The van der Waals surface area contributed by atoms with Crippen LogP contribution in [0.15, 0.2) is 35.1 Å². The number of amides is 1. The van der Waals surface area contributed by atoms with Crippen molar-refractivity contribution in [2.24, 2.45) is 0 Å². The quantitative estimate of drug-likeness (QED) is 0.924. The zero-order chi connectivity index (χ0) is 13.0. The number of tetrazole rings is 1. The summed E-state index contributed by atoms with van der Waals surface area (Å²) < 4.78 is 2.37. The molecule has 0 aliphatic carbocycles. The van der Waals surface area contributed by atoms with E-state index in [2.05, 4.69) is 36.8 Å². The second kappa shape index (κ2) is 5.72. The van der Waals surface area contributed by atoms with Gasteiger partial charge in [0.05, 0.1) is 6.04 Å². The molecule has 2 rings (SSSR count). The molecular weight excluding hydrogens is 298 g/mol. The minimum Gasteiger partial charge on any atom is -0.348 e. The van der Waals surface area contributed by atoms with E-state index in [1.165, 1.54) is 11.0 Å². The number of hydrogen-bond acceptors (Lipinski definition) is 4. The second-order valence-electron chi connectivity index (χ2n) is 3.85. The normalized spacial score (nSPS) is 12.1. The highest BCUT2D eigenvalue weighted by atomic mass is 79.9. The van der Waals surface area contributed by atoms with E-state index in [9.17, 15) is 4.79 Å². The minimum absolute atomic E-state index is 0.0634. The Labute approximate surface area is 113 Å². The highest BCUT2D eigenvalue weighted by Gasteiger charge is 2.10. The molecule has 0 aliphatic heterocycles. The Kier molecular flexibility index (Phi) is 4.03. The molecule has 94 valence electrons. The summed E-state index contributed by atoms with van der Waals surface area (Å²) >= 11 is 3.40. The maximum absolute atomic E-state index is 11.7. The van der Waals surface area contributed by atoms with Crippen molar-refractivity contribution < 1.29 is 4.79 Å². The molecule has 1 amide bonds. The van der Waals surface area contributed by atoms with Crippen LogP contribution in [0, 0.1) is 0 Å². The number of hydrogen-bond donors (Lipinski definition) is 1. The molecule has 1 aromatic carbocycles. The highest BCUT2D eigenvalue weighted by Crippen LogP contribution is 2.17. The molecule has 0 fully saturated rings. The zero-order valence-electron chi connectivity index (χ0n) is 9.75. The first-order chi connectivity index (χ1) is 8.65. The fourth-order valence-electron chi connectivity index (χ4n) is 1.55. The first kappa shape index (κ1) is 12.7. The number of rotatable bonds is 4. The van der Waals surface area contributed by atoms with Gasteiger partial charge in [0, 0.05) is 4.47 Å². The molecule has 1 heterocycles. The Bertz CT molecular complexity index is 528. The SMILES string of the molecule is C[C@@H](NC(=O)Cn1cnnn1)c1cccc(Br)c1. The third-order valence-electron chi connectivity index (χ3n) is 2.42. The summed E-state index contributed by atoms with van der Waals surface area (Å²) in [6.07, 6.45) is 1.41. The van der Waals surface area contributed by atoms with Crippen LogP contribution in [0.3, 0.4) is 0 Å². The Morgan fingerprint density at radius 1 is 1.56 bits per heavy atom. The summed E-state index contributed by atoms with van der Waals surface area (Å²) in [6.45, 7) is 2.05. The monoisotopic (exact) mass is 309 g/mol. The van der Waals surface area contributed by atoms with Crippen molar-refractivity contribution in [3.8, 4) is 0 Å². The van der Waals surface area contributed by atoms with Crippen molar-refractivity contribution in [1.29, 1.82) is 0 Å². The van der Waals surface area contributed by atoms with Crippen LogP contribution in [0.2, 0.25) is 0 Å². The van der Waals surface area contributed by atoms with Crippen LogP contribution in [-0.4, -0.2) is 26.1 Å². The van der Waals surface area contributed by atoms with Gasteiger partial charge in [0.25, 0.3) is 0 Å². The largest absolute Gasteiger partial charge is 0.348 e. The smallest absolute Gasteiger partial charge is 0.242 e. The molecule has 1 N–H and O–H groups in total. The number of carbonyl (C=O) groups excluding carboxylic acids is 1. The van der Waals surface area contributed by atoms with Crippen LogP contribution in [0.1, 0.15) is 18.5 Å². The lowest BCUT2D eigenvalue weighted by Crippen LogP contribution is -2.30. The van der Waals surface area contributed by atoms with Crippen LogP contribution in [-0.2, 0) is 11.3 Å². The number of benzene rings is 1. The van der Waals surface area contributed by atoms with Crippen molar-refractivity contribution >= 4 is 21.8 Å². The van der Waals surface area contributed by atoms with Gasteiger partial charge in [-0.05, 0) is 35.0 Å². The summed E-state index contributed by atoms with van der Waals surface area (Å²) in [5.41, 5.74) is 1.04. The van der Waals surface area contributed by atoms with Crippen LogP contribution in [0.4, 0.5) is 0 Å². The fourth-order valence-corrected chi connectivity index (χ4v) is 1.96. The summed E-state index contributed by atoms with van der Waals surface area (Å²) in [7, 11) is 0. The molecular formula is C11H12BrN5O. The Morgan fingerprint density at radius 2 is 2.39 bits per heavy atom. The molecule has 0 saturated heterocycles. The zero-order valence-corrected chi connectivity index (χ0v) is 11.3. The van der Waals surface area contributed by atoms with E-state index >= 15 is 0 Å². The molecule has 2 aromatic rings. The lowest BCUT2D eigenvalue weighted by Gasteiger charge is -2.14. The maximum atomic E-state index is 11.7. The van der Waals surface area contributed by atoms with Gasteiger partial charge in [-0.25, -0.2) is 4.68 Å². The summed E-state index contributed by atoms with van der Waals surface area (Å²) in [4.78, 5) is 11.7. The third kappa shape index (κ3) is 3.36. The molecule has 0 unspecified atom stereocenters. The third-order valence-corrected chi connectivity index (χ3v) is 2.92. The average molecular weight is 310 g/mol. The first-order valence-electron chi connectivity index (χ1n) is 5.41. The predicted molar refractivity (Wildman–Crippen MR) is 68.5 cm³/mol. The molecule has 7 heteroatoms. The van der Waals surface area contributed by atoms with Gasteiger partial charge in [-0.3, -0.25) is 4.79 Å². The predicted octanol–water partition coefficient (Wildman–Crippen LogP) is 1.31. The Morgan fingerprint density at radius 3 is 3.06 bits per heavy atom. The van der Waals surface area contributed by atoms with Crippen LogP contribution < -0.4 is 5.32 Å². The molecule has 1 atom stereocenters. The summed E-state index contributed by atoms with van der Waals surface area (Å²) in [5.74, 6) is -0.130. The van der Waals surface area contributed by atoms with Gasteiger partial charge < -0.3 is 5.32 Å². The molecule has 1 aromatic heterocycles. The second-order valence-corrected chi connectivity index (χ2v) is 4.77. The lowest BCUT2D eigenvalue weighted by atomic mass is 10.1. The van der Waals surface area contributed by atoms with Crippen molar-refractivity contribution in [3.05, 3.63) is 40.6 Å². The molecule has 6 nitrogen and oxygen atoms in total. The van der Waals surface area contributed by atoms with Gasteiger partial charge in [0.1, 0.15) is 12.9 Å². The maximum Gasteiger partial charge on any atom is 0.242 e. The van der Waals surface area contributed by atoms with Gasteiger partial charge in [-0.15, -0.1) is 5.10 Å². The molecule has 0 aliphatic rings. The number of halogens is 1. The van der Waals surface area contributed by atoms with Crippen LogP contribution >= 0.6 is 15.9 Å². The van der Waals surface area contributed by atoms with E-state index in [4.69, 9.17) is 0 Å². The minimum atomic E-state index is -0.130. The van der Waals surface area contributed by atoms with Crippen LogP contribution in [0.5, 0.6) is 0 Å². The Balaban J connectivity index is 1.95. The van der Waals surface area contributed by atoms with Gasteiger partial charge >= 0.3 is 0 Å². The standard InChI is InChI=1S/C11H12BrN5O/c1-8(9-3-2-4-10(12)5-9)14-11(18)6-17-7-13-15-16-17/h2-5,7-8H,6H2,1H3,(H,14,18)/t8-/m1/s1. The van der Waals surface area contributed by atoms with E-state index in [-0.39, 0.29) is 18.5 Å². The van der Waals surface area contributed by atoms with E-state index in [1.54, 1.807) is 0 Å². The molecule has 0 spiro atoms. The molecule has 0 bridgehead atoms. The number of carbonyl (C=O) groups is 1. The van der Waals surface area contributed by atoms with Crippen molar-refractivity contribution in [3.63, 3.8) is 0 Å². The lowest BCUT2D eigenvalue weighted by molar-refractivity contribution is -0.122. The molecule has 0 saturated carbocycles. The molecule has 0 radical (unpaired) electrons. The van der Waals surface area contributed by atoms with Gasteiger partial charge in [0.15, 0.2) is 0 Å². The average Bonchev–Trinajstić information content (AvgIpc) is 2.81. The number of aromatic nitrogens is 4. The topological polar surface area (TPSA) is 72.7 Å². The van der Waals surface area contributed by atoms with Crippen molar-refractivity contribution in [2.45, 2.75) is 19.5 Å². The van der Waals surface area contributed by atoms with Gasteiger partial charge in [-0.2, -0.15) is 0 Å².